The SMILES string of the molecule is CC[C@H]1OC(=O)C[C@@H](O)[C@H](C)[C@@H](O[C@@H]2O[C@H](C)[C@@H](O[C@H]3C[C@@](C)(O)[C@@H](O)[C@H](C)O3)[C@H](N(C)C)[C@H]2O)C(CC=O)C[C@@H](C)C(=O)/C=C/C(C)=C\C1CO[C@@H]1O[C@H](C)[C@@H](O)[C@@H](OC)[C@H]1OC. The second-order valence-electron chi connectivity index (χ2n) is 18.7. The summed E-state index contributed by atoms with van der Waals surface area (Å²) in [5, 5.41) is 55.8. The maximum atomic E-state index is 13.8. The summed E-state index contributed by atoms with van der Waals surface area (Å²) in [4.78, 5) is 41.5. The molecule has 64 heavy (non-hydrogen) atoms. The van der Waals surface area contributed by atoms with Crippen LogP contribution in [0.1, 0.15) is 87.5 Å². The second kappa shape index (κ2) is 24.1. The molecular weight excluding hydrogens is 838 g/mol. The van der Waals surface area contributed by atoms with Crippen molar-refractivity contribution < 1.29 is 82.5 Å². The highest BCUT2D eigenvalue weighted by Crippen LogP contribution is 2.37. The molecule has 4 aliphatic heterocycles. The summed E-state index contributed by atoms with van der Waals surface area (Å²) in [6, 6.07) is -0.748. The van der Waals surface area contributed by atoms with Crippen molar-refractivity contribution in [3.8, 4) is 0 Å². The normalized spacial score (nSPS) is 45.9. The lowest BCUT2D eigenvalue weighted by molar-refractivity contribution is -0.341. The molecule has 3 saturated heterocycles. The van der Waals surface area contributed by atoms with Gasteiger partial charge in [-0.15, -0.1) is 0 Å². The topological polar surface area (TPSA) is 239 Å². The third-order valence-electron chi connectivity index (χ3n) is 13.4. The predicted molar refractivity (Wildman–Crippen MR) is 230 cm³/mol. The quantitative estimate of drug-likeness (QED) is 0.131. The van der Waals surface area contributed by atoms with Crippen molar-refractivity contribution in [1.29, 1.82) is 0 Å². The molecule has 0 spiro atoms. The summed E-state index contributed by atoms with van der Waals surface area (Å²) < 4.78 is 54.7. The smallest absolute Gasteiger partial charge is 0.308 e. The number of allylic oxidation sites excluding steroid dienone is 3. The monoisotopic (exact) mass is 916 g/mol. The number of likely N-dealkylation sites (N-methyl/N-ethyl adjacent to an activating group) is 1. The van der Waals surface area contributed by atoms with Crippen molar-refractivity contribution in [3.05, 3.63) is 23.8 Å². The Labute approximate surface area is 378 Å². The lowest BCUT2D eigenvalue weighted by Crippen LogP contribution is -2.65. The van der Waals surface area contributed by atoms with Gasteiger partial charge < -0.3 is 77.9 Å². The zero-order valence-electron chi connectivity index (χ0n) is 39.7. The Morgan fingerprint density at radius 2 is 1.52 bits per heavy atom. The minimum atomic E-state index is -1.49. The Bertz CT molecular complexity index is 1560. The highest BCUT2D eigenvalue weighted by molar-refractivity contribution is 5.91. The molecule has 2 unspecified atom stereocenters. The number of aliphatic hydroxyl groups is 5. The minimum Gasteiger partial charge on any atom is -0.462 e. The van der Waals surface area contributed by atoms with Gasteiger partial charge in [0.2, 0.25) is 0 Å². The van der Waals surface area contributed by atoms with Gasteiger partial charge >= 0.3 is 5.97 Å². The fourth-order valence-corrected chi connectivity index (χ4v) is 9.51. The maximum absolute atomic E-state index is 13.8. The van der Waals surface area contributed by atoms with Crippen LogP contribution in [0.15, 0.2) is 23.8 Å². The lowest BCUT2D eigenvalue weighted by atomic mass is 9.79. The number of rotatable bonds is 13. The molecule has 4 aliphatic rings. The number of methoxy groups -OCH3 is 2. The van der Waals surface area contributed by atoms with E-state index in [0.717, 1.165) is 6.29 Å². The van der Waals surface area contributed by atoms with E-state index in [9.17, 15) is 39.9 Å². The van der Waals surface area contributed by atoms with Crippen molar-refractivity contribution in [2.75, 3.05) is 34.9 Å². The molecule has 0 aromatic heterocycles. The molecule has 368 valence electrons. The van der Waals surface area contributed by atoms with Crippen molar-refractivity contribution >= 4 is 18.0 Å². The van der Waals surface area contributed by atoms with Gasteiger partial charge in [0, 0.05) is 44.8 Å². The van der Waals surface area contributed by atoms with Crippen LogP contribution in [-0.2, 0) is 57.0 Å². The number of carbonyl (C=O) groups excluding carboxylic acids is 3. The van der Waals surface area contributed by atoms with Gasteiger partial charge in [0.05, 0.1) is 55.2 Å². The summed E-state index contributed by atoms with van der Waals surface area (Å²) in [7, 11) is 6.43. The molecule has 0 aliphatic carbocycles. The molecule has 5 N–H and O–H groups in total. The van der Waals surface area contributed by atoms with Crippen LogP contribution in [0.25, 0.3) is 0 Å². The first kappa shape index (κ1) is 54.3. The van der Waals surface area contributed by atoms with Gasteiger partial charge in [-0.05, 0) is 73.5 Å². The van der Waals surface area contributed by atoms with Crippen LogP contribution in [0.2, 0.25) is 0 Å². The molecule has 0 saturated carbocycles. The van der Waals surface area contributed by atoms with Crippen LogP contribution in [-0.4, -0.2) is 187 Å². The van der Waals surface area contributed by atoms with Crippen LogP contribution in [0.3, 0.4) is 0 Å². The van der Waals surface area contributed by atoms with Crippen molar-refractivity contribution in [2.45, 2.75) is 191 Å². The molecule has 0 aromatic rings. The number of esters is 1. The maximum Gasteiger partial charge on any atom is 0.308 e. The number of carbonyl (C=O) groups is 3. The van der Waals surface area contributed by atoms with Gasteiger partial charge in [0.25, 0.3) is 0 Å². The predicted octanol–water partition coefficient (Wildman–Crippen LogP) is 1.83. The molecule has 0 bridgehead atoms. The van der Waals surface area contributed by atoms with Gasteiger partial charge in [-0.2, -0.15) is 0 Å². The van der Waals surface area contributed by atoms with E-state index in [1.807, 2.05) is 19.9 Å². The molecule has 21 atom stereocenters. The summed E-state index contributed by atoms with van der Waals surface area (Å²) in [6.45, 7) is 13.6. The van der Waals surface area contributed by atoms with E-state index in [4.69, 9.17) is 42.6 Å². The Hall–Kier alpha value is -2.27. The number of cyclic esters (lactones) is 1. The standard InChI is InChI=1S/C46H77NO17/c1-13-33-30(22-58-45-42(57-12)41(56-11)37(52)26(5)60-45)18-23(2)14-15-31(49)24(3)19-29(16-17-48)39(25(4)32(50)20-34(51)62-33)64-44-38(53)36(47(9)10)40(27(6)61-44)63-35-21-46(8,55)43(54)28(7)59-35/h14-15,17-18,24-30,32-33,35-45,50,52-55H,13,16,19-22H2,1-12H3/b15-14+,23-18-/t24-,25+,26-,27-,28+,29?,30?,32-,33-,35+,36-,37-,38-,39-,40-,41-,42-,43+,44+,45-,46-/m1/s1. The molecule has 4 heterocycles. The van der Waals surface area contributed by atoms with Crippen LogP contribution in [0.5, 0.6) is 0 Å². The molecule has 0 radical (unpaired) electrons. The third kappa shape index (κ3) is 13.5. The Morgan fingerprint density at radius 1 is 0.859 bits per heavy atom. The van der Waals surface area contributed by atoms with E-state index in [0.29, 0.717) is 12.0 Å². The minimum absolute atomic E-state index is 0.00788. The van der Waals surface area contributed by atoms with E-state index in [-0.39, 0.29) is 31.7 Å². The average Bonchev–Trinajstić information content (AvgIpc) is 3.23. The van der Waals surface area contributed by atoms with E-state index < -0.39 is 140 Å². The van der Waals surface area contributed by atoms with Gasteiger partial charge in [0.1, 0.15) is 49.0 Å². The lowest BCUT2D eigenvalue weighted by Gasteiger charge is -2.50. The third-order valence-corrected chi connectivity index (χ3v) is 13.4. The average molecular weight is 916 g/mol. The van der Waals surface area contributed by atoms with E-state index >= 15 is 0 Å². The number of ether oxygens (including phenoxy) is 9. The zero-order valence-corrected chi connectivity index (χ0v) is 39.7. The zero-order chi connectivity index (χ0) is 47.8. The molecule has 18 nitrogen and oxygen atoms in total. The molecule has 0 amide bonds. The van der Waals surface area contributed by atoms with Crippen LogP contribution in [0, 0.1) is 23.7 Å². The molecule has 0 aromatic carbocycles. The highest BCUT2D eigenvalue weighted by Gasteiger charge is 2.52. The van der Waals surface area contributed by atoms with Gasteiger partial charge in [-0.25, -0.2) is 0 Å². The number of aldehydes is 1. The summed E-state index contributed by atoms with van der Waals surface area (Å²) in [5.41, 5.74) is -0.806. The first-order valence-electron chi connectivity index (χ1n) is 22.7. The first-order chi connectivity index (χ1) is 30.1. The summed E-state index contributed by atoms with van der Waals surface area (Å²) in [6.07, 6.45) is -8.49. The molecule has 3 fully saturated rings. The number of hydrogen-bond acceptors (Lipinski definition) is 18. The molecule has 18 heteroatoms. The number of hydrogen-bond donors (Lipinski definition) is 5. The van der Waals surface area contributed by atoms with Crippen LogP contribution < -0.4 is 0 Å². The fraction of sp³-hybridized carbons (Fsp3) is 0.848. The highest BCUT2D eigenvalue weighted by atomic mass is 16.7. The van der Waals surface area contributed by atoms with Crippen molar-refractivity contribution in [2.24, 2.45) is 23.7 Å². The van der Waals surface area contributed by atoms with Gasteiger partial charge in [0.15, 0.2) is 24.7 Å². The van der Waals surface area contributed by atoms with E-state index in [2.05, 4.69) is 0 Å². The second-order valence-corrected chi connectivity index (χ2v) is 18.7. The van der Waals surface area contributed by atoms with Crippen LogP contribution >= 0.6 is 0 Å². The molecular formula is C46H77NO17. The van der Waals surface area contributed by atoms with E-state index in [1.165, 1.54) is 27.2 Å². The van der Waals surface area contributed by atoms with Crippen molar-refractivity contribution in [3.63, 3.8) is 0 Å². The largest absolute Gasteiger partial charge is 0.462 e. The van der Waals surface area contributed by atoms with Gasteiger partial charge in [-0.1, -0.05) is 38.5 Å². The Kier molecular flexibility index (Phi) is 20.5. The van der Waals surface area contributed by atoms with Gasteiger partial charge in [-0.3, -0.25) is 9.59 Å². The fourth-order valence-electron chi connectivity index (χ4n) is 9.51. The summed E-state index contributed by atoms with van der Waals surface area (Å²) in [5.74, 6) is -3.59. The summed E-state index contributed by atoms with van der Waals surface area (Å²) >= 11 is 0. The molecule has 4 rings (SSSR count). The Morgan fingerprint density at radius 3 is 2.11 bits per heavy atom. The number of aliphatic hydroxyl groups excluding tert-OH is 4. The van der Waals surface area contributed by atoms with Crippen molar-refractivity contribution in [1.82, 2.24) is 4.90 Å². The van der Waals surface area contributed by atoms with E-state index in [1.54, 1.807) is 59.7 Å². The first-order valence-corrected chi connectivity index (χ1v) is 22.7. The Balaban J connectivity index is 1.62. The number of ketones is 1. The number of nitrogens with zero attached hydrogens (tertiary/aromatic N) is 1. The van der Waals surface area contributed by atoms with Crippen LogP contribution in [0.4, 0.5) is 0 Å².